The summed E-state index contributed by atoms with van der Waals surface area (Å²) >= 11 is 0. The number of carbonyl (C=O) groups is 2. The molecule has 174 valence electrons. The van der Waals surface area contributed by atoms with Crippen molar-refractivity contribution < 1.29 is 18.4 Å². The Morgan fingerprint density at radius 2 is 1.85 bits per heavy atom. The van der Waals surface area contributed by atoms with Crippen LogP contribution in [-0.4, -0.2) is 23.1 Å². The van der Waals surface area contributed by atoms with E-state index in [-0.39, 0.29) is 23.8 Å². The van der Waals surface area contributed by atoms with Crippen LogP contribution >= 0.6 is 0 Å². The molecule has 0 saturated heterocycles. The molecule has 0 atom stereocenters. The molecular weight excluding hydrogens is 418 g/mol. The van der Waals surface area contributed by atoms with E-state index < -0.39 is 0 Å². The molecule has 1 aliphatic rings. The maximum Gasteiger partial charge on any atom is 0.287 e. The molecule has 2 N–H and O–H groups in total. The number of carbonyl (C=O) groups excluding carboxylic acids is 2. The highest BCUT2D eigenvalue weighted by atomic mass is 16.4. The Labute approximate surface area is 193 Å². The lowest BCUT2D eigenvalue weighted by Gasteiger charge is -2.19. The van der Waals surface area contributed by atoms with E-state index in [1.165, 1.54) is 0 Å². The van der Waals surface area contributed by atoms with Crippen LogP contribution in [0.15, 0.2) is 32.3 Å². The quantitative estimate of drug-likeness (QED) is 0.555. The largest absolute Gasteiger partial charge is 0.464 e. The molecule has 4 rings (SSSR count). The molecule has 2 aromatic heterocycles. The Hall–Kier alpha value is -3.35. The summed E-state index contributed by atoms with van der Waals surface area (Å²) in [5.41, 5.74) is 8.53. The molecule has 1 aliphatic carbocycles. The number of hydrazone groups is 1. The Morgan fingerprint density at radius 3 is 2.58 bits per heavy atom. The molecule has 3 aromatic rings. The fourth-order valence-corrected chi connectivity index (χ4v) is 4.26. The standard InChI is InChI=1S/C26H31N3O4/c1-14-10-11-18-17(13-32-23(18)15(14)2)12-21(30)29-28-19-8-7-9-20-22(19)16(3)24(33-20)25(31)27-26(4,5)6/h10-11,13H,7-9,12H2,1-6H3,(H,27,31)(H,29,30)/b28-19+. The van der Waals surface area contributed by atoms with Crippen LogP contribution in [0, 0.1) is 20.8 Å². The normalized spacial score (nSPS) is 15.0. The lowest BCUT2D eigenvalue weighted by atomic mass is 9.93. The van der Waals surface area contributed by atoms with Gasteiger partial charge in [-0.1, -0.05) is 12.1 Å². The predicted molar refractivity (Wildman–Crippen MR) is 128 cm³/mol. The summed E-state index contributed by atoms with van der Waals surface area (Å²) in [5, 5.41) is 8.31. The van der Waals surface area contributed by atoms with E-state index in [1.807, 2.05) is 53.7 Å². The highest BCUT2D eigenvalue weighted by Crippen LogP contribution is 2.30. The summed E-state index contributed by atoms with van der Waals surface area (Å²) in [7, 11) is 0. The average Bonchev–Trinajstić information content (AvgIpc) is 3.30. The Morgan fingerprint density at radius 1 is 1.09 bits per heavy atom. The van der Waals surface area contributed by atoms with Crippen molar-refractivity contribution in [1.82, 2.24) is 10.7 Å². The van der Waals surface area contributed by atoms with Crippen molar-refractivity contribution in [1.29, 1.82) is 0 Å². The van der Waals surface area contributed by atoms with Crippen molar-refractivity contribution in [2.45, 2.75) is 72.8 Å². The number of nitrogens with zero attached hydrogens (tertiary/aromatic N) is 1. The molecule has 0 aliphatic heterocycles. The van der Waals surface area contributed by atoms with Crippen LogP contribution in [0.4, 0.5) is 0 Å². The van der Waals surface area contributed by atoms with Crippen molar-refractivity contribution in [2.24, 2.45) is 5.10 Å². The SMILES string of the molecule is Cc1ccc2c(CC(=O)N/N=C3\CCCc4oc(C(=O)NC(C)(C)C)c(C)c43)coc2c1C. The number of amides is 2. The van der Waals surface area contributed by atoms with Crippen LogP contribution in [0.25, 0.3) is 11.0 Å². The number of furan rings is 2. The fraction of sp³-hybridized carbons (Fsp3) is 0.423. The summed E-state index contributed by atoms with van der Waals surface area (Å²) in [6, 6.07) is 4.02. The Balaban J connectivity index is 1.53. The number of hydrogen-bond acceptors (Lipinski definition) is 5. The van der Waals surface area contributed by atoms with Crippen LogP contribution < -0.4 is 10.7 Å². The first-order valence-electron chi connectivity index (χ1n) is 11.3. The molecule has 1 aromatic carbocycles. The van der Waals surface area contributed by atoms with Crippen LogP contribution in [0.3, 0.4) is 0 Å². The average molecular weight is 450 g/mol. The van der Waals surface area contributed by atoms with Gasteiger partial charge in [0.05, 0.1) is 18.4 Å². The van der Waals surface area contributed by atoms with E-state index >= 15 is 0 Å². The Kier molecular flexibility index (Phi) is 5.91. The van der Waals surface area contributed by atoms with Gasteiger partial charge in [0, 0.05) is 34.0 Å². The van der Waals surface area contributed by atoms with Crippen LogP contribution in [0.5, 0.6) is 0 Å². The number of rotatable bonds is 4. The molecule has 2 amide bonds. The monoisotopic (exact) mass is 449 g/mol. The van der Waals surface area contributed by atoms with Gasteiger partial charge in [0.1, 0.15) is 11.3 Å². The van der Waals surface area contributed by atoms with Crippen LogP contribution in [-0.2, 0) is 17.6 Å². The zero-order valence-electron chi connectivity index (χ0n) is 20.1. The van der Waals surface area contributed by atoms with E-state index in [1.54, 1.807) is 6.26 Å². The van der Waals surface area contributed by atoms with Crippen molar-refractivity contribution in [3.8, 4) is 0 Å². The van der Waals surface area contributed by atoms with E-state index in [9.17, 15) is 9.59 Å². The summed E-state index contributed by atoms with van der Waals surface area (Å²) in [5.74, 6) is 0.599. The summed E-state index contributed by atoms with van der Waals surface area (Å²) in [4.78, 5) is 25.3. The zero-order chi connectivity index (χ0) is 23.9. The molecule has 0 fully saturated rings. The third-order valence-electron chi connectivity index (χ3n) is 6.03. The fourth-order valence-electron chi connectivity index (χ4n) is 4.26. The van der Waals surface area contributed by atoms with Crippen molar-refractivity contribution >= 4 is 28.5 Å². The smallest absolute Gasteiger partial charge is 0.287 e. The zero-order valence-corrected chi connectivity index (χ0v) is 20.1. The van der Waals surface area contributed by atoms with Crippen molar-refractivity contribution in [3.63, 3.8) is 0 Å². The van der Waals surface area contributed by atoms with Gasteiger partial charge in [-0.3, -0.25) is 9.59 Å². The van der Waals surface area contributed by atoms with Gasteiger partial charge < -0.3 is 14.2 Å². The molecule has 0 spiro atoms. The van der Waals surface area contributed by atoms with Gasteiger partial charge >= 0.3 is 0 Å². The number of hydrogen-bond donors (Lipinski definition) is 2. The minimum atomic E-state index is -0.365. The van der Waals surface area contributed by atoms with Crippen molar-refractivity contribution in [2.75, 3.05) is 0 Å². The predicted octanol–water partition coefficient (Wildman–Crippen LogP) is 4.88. The number of nitrogens with one attached hydrogen (secondary N) is 2. The molecule has 7 heteroatoms. The molecule has 0 bridgehead atoms. The molecular formula is C26H31N3O4. The Bertz CT molecular complexity index is 1270. The molecule has 0 radical (unpaired) electrons. The van der Waals surface area contributed by atoms with Gasteiger partial charge in [0.25, 0.3) is 5.91 Å². The minimum Gasteiger partial charge on any atom is -0.464 e. The minimum absolute atomic E-state index is 0.169. The second kappa shape index (κ2) is 8.54. The highest BCUT2D eigenvalue weighted by Gasteiger charge is 2.29. The van der Waals surface area contributed by atoms with Crippen LogP contribution in [0.2, 0.25) is 0 Å². The first-order valence-corrected chi connectivity index (χ1v) is 11.3. The molecule has 2 heterocycles. The number of benzene rings is 1. The van der Waals surface area contributed by atoms with E-state index in [2.05, 4.69) is 15.8 Å². The van der Waals surface area contributed by atoms with Gasteiger partial charge in [0.15, 0.2) is 5.76 Å². The second-order valence-corrected chi connectivity index (χ2v) is 9.83. The summed E-state index contributed by atoms with van der Waals surface area (Å²) in [6.07, 6.45) is 4.11. The van der Waals surface area contributed by atoms with Gasteiger partial charge in [-0.15, -0.1) is 0 Å². The first-order chi connectivity index (χ1) is 15.5. The van der Waals surface area contributed by atoms with Crippen LogP contribution in [0.1, 0.15) is 77.7 Å². The lowest BCUT2D eigenvalue weighted by Crippen LogP contribution is -2.40. The van der Waals surface area contributed by atoms with Gasteiger partial charge in [-0.05, 0) is 65.5 Å². The highest BCUT2D eigenvalue weighted by molar-refractivity contribution is 6.06. The molecule has 7 nitrogen and oxygen atoms in total. The maximum atomic E-state index is 12.7. The number of aryl methyl sites for hydroxylation is 3. The third kappa shape index (κ3) is 4.58. The van der Waals surface area contributed by atoms with E-state index in [0.29, 0.717) is 12.2 Å². The topological polar surface area (TPSA) is 96.8 Å². The van der Waals surface area contributed by atoms with E-state index in [4.69, 9.17) is 8.83 Å². The van der Waals surface area contributed by atoms with Gasteiger partial charge in [-0.2, -0.15) is 5.10 Å². The third-order valence-corrected chi connectivity index (χ3v) is 6.03. The summed E-state index contributed by atoms with van der Waals surface area (Å²) in [6.45, 7) is 11.7. The second-order valence-electron chi connectivity index (χ2n) is 9.83. The van der Waals surface area contributed by atoms with E-state index in [0.717, 1.165) is 63.1 Å². The molecule has 33 heavy (non-hydrogen) atoms. The molecule has 0 unspecified atom stereocenters. The maximum absolute atomic E-state index is 12.7. The lowest BCUT2D eigenvalue weighted by molar-refractivity contribution is -0.120. The van der Waals surface area contributed by atoms with Gasteiger partial charge in [-0.25, -0.2) is 5.43 Å². The summed E-state index contributed by atoms with van der Waals surface area (Å²) < 4.78 is 11.6. The number of fused-ring (bicyclic) bond motifs is 2. The van der Waals surface area contributed by atoms with Crippen molar-refractivity contribution in [3.05, 3.63) is 57.7 Å². The molecule has 0 saturated carbocycles. The first kappa shape index (κ1) is 22.8. The van der Waals surface area contributed by atoms with Gasteiger partial charge in [0.2, 0.25) is 5.91 Å².